The van der Waals surface area contributed by atoms with Gasteiger partial charge in [-0.2, -0.15) is 17.9 Å². The second kappa shape index (κ2) is 7.17. The number of H-pyrrole nitrogens is 1. The number of nitrogens with one attached hydrogen (secondary N) is 2. The van der Waals surface area contributed by atoms with E-state index in [1.807, 2.05) is 6.92 Å². The highest BCUT2D eigenvalue weighted by atomic mass is 32.2. The van der Waals surface area contributed by atoms with Crippen LogP contribution >= 0.6 is 0 Å². The number of alkyl halides is 3. The molecular weight excluding hydrogens is 398 g/mol. The summed E-state index contributed by atoms with van der Waals surface area (Å²) in [7, 11) is -4.37. The lowest BCUT2D eigenvalue weighted by molar-refractivity contribution is -0.147. The minimum Gasteiger partial charge on any atom is -0.353 e. The van der Waals surface area contributed by atoms with Crippen LogP contribution in [-0.4, -0.2) is 30.6 Å². The summed E-state index contributed by atoms with van der Waals surface area (Å²) in [5.41, 5.74) is 2.16. The quantitative estimate of drug-likeness (QED) is 0.615. The number of hydrogen-bond acceptors (Lipinski definition) is 3. The van der Waals surface area contributed by atoms with Crippen molar-refractivity contribution in [1.82, 2.24) is 14.7 Å². The van der Waals surface area contributed by atoms with E-state index < -0.39 is 22.2 Å². The summed E-state index contributed by atoms with van der Waals surface area (Å²) >= 11 is 0. The van der Waals surface area contributed by atoms with Crippen molar-refractivity contribution in [2.75, 3.05) is 0 Å². The minimum absolute atomic E-state index is 0.320. The van der Waals surface area contributed by atoms with Crippen molar-refractivity contribution in [2.45, 2.75) is 37.4 Å². The molecule has 2 N–H and O–H groups in total. The lowest BCUT2D eigenvalue weighted by Crippen LogP contribution is -2.42. The van der Waals surface area contributed by atoms with Gasteiger partial charge in [0.1, 0.15) is 16.8 Å². The third-order valence-electron chi connectivity index (χ3n) is 4.31. The Hall–Kier alpha value is -2.46. The van der Waals surface area contributed by atoms with Crippen LogP contribution in [-0.2, 0) is 16.4 Å². The summed E-state index contributed by atoms with van der Waals surface area (Å²) in [6, 6.07) is 5.06. The van der Waals surface area contributed by atoms with Gasteiger partial charge in [-0.25, -0.2) is 12.8 Å². The lowest BCUT2D eigenvalue weighted by Gasteiger charge is -2.17. The van der Waals surface area contributed by atoms with Crippen molar-refractivity contribution < 1.29 is 26.0 Å². The average molecular weight is 415 g/mol. The summed E-state index contributed by atoms with van der Waals surface area (Å²) in [4.78, 5) is 6.71. The van der Waals surface area contributed by atoms with Gasteiger partial charge in [0.05, 0.1) is 11.4 Å². The topological polar surface area (TPSA) is 74.8 Å². The molecule has 0 aliphatic heterocycles. The molecule has 0 aliphatic rings. The third-order valence-corrected chi connectivity index (χ3v) is 5.84. The van der Waals surface area contributed by atoms with E-state index in [4.69, 9.17) is 0 Å². The molecule has 150 valence electrons. The number of pyridine rings is 1. The number of aromatic amines is 1. The molecule has 0 unspecified atom stereocenters. The highest BCUT2D eigenvalue weighted by Crippen LogP contribution is 2.26. The zero-order chi connectivity index (χ0) is 20.7. The molecule has 5 nitrogen and oxygen atoms in total. The predicted molar refractivity (Wildman–Crippen MR) is 96.7 cm³/mol. The van der Waals surface area contributed by atoms with Crippen LogP contribution in [0, 0.1) is 5.82 Å². The molecule has 0 spiro atoms. The summed E-state index contributed by atoms with van der Waals surface area (Å²) in [5, 5.41) is 0.629. The van der Waals surface area contributed by atoms with E-state index in [9.17, 15) is 26.0 Å². The van der Waals surface area contributed by atoms with Gasteiger partial charge < -0.3 is 4.98 Å². The van der Waals surface area contributed by atoms with E-state index in [1.54, 1.807) is 16.9 Å². The molecule has 2 heterocycles. The van der Waals surface area contributed by atoms with Gasteiger partial charge in [0, 0.05) is 17.1 Å². The summed E-state index contributed by atoms with van der Waals surface area (Å²) in [5.74, 6) is -0.320. The van der Waals surface area contributed by atoms with Gasteiger partial charge in [-0.1, -0.05) is 6.92 Å². The molecule has 3 rings (SSSR count). The fourth-order valence-corrected chi connectivity index (χ4v) is 3.85. The number of rotatable bonds is 5. The Balaban J connectivity index is 1.89. The molecule has 10 heteroatoms. The standard InChI is InChI=1S/C18H17F4N3O2S/c1-3-11-7-16-12(6-14(11)19)8-17(24-16)15-5-4-13(9-23-15)28(26,27)25-10(2)18(20,21)22/h4-10,24-25H,3H2,1-2H3/t10-/m0/s1. The molecule has 1 atom stereocenters. The molecule has 0 amide bonds. The smallest absolute Gasteiger partial charge is 0.353 e. The number of sulfonamides is 1. The first-order chi connectivity index (χ1) is 13.0. The van der Waals surface area contributed by atoms with Crippen LogP contribution in [0.15, 0.2) is 41.4 Å². The summed E-state index contributed by atoms with van der Waals surface area (Å²) in [6.07, 6.45) is -3.19. The van der Waals surface area contributed by atoms with Gasteiger partial charge in [0.2, 0.25) is 10.0 Å². The van der Waals surface area contributed by atoms with E-state index in [0.717, 1.165) is 12.3 Å². The zero-order valence-electron chi connectivity index (χ0n) is 14.9. The number of hydrogen-bond donors (Lipinski definition) is 2. The fraction of sp³-hybridized carbons (Fsp3) is 0.278. The number of benzene rings is 1. The van der Waals surface area contributed by atoms with Crippen molar-refractivity contribution >= 4 is 20.9 Å². The first kappa shape index (κ1) is 20.3. The van der Waals surface area contributed by atoms with Crippen LogP contribution in [0.25, 0.3) is 22.3 Å². The molecule has 0 bridgehead atoms. The van der Waals surface area contributed by atoms with Crippen LogP contribution in [0.2, 0.25) is 0 Å². The first-order valence-corrected chi connectivity index (χ1v) is 9.86. The maximum absolute atomic E-state index is 13.9. The molecular formula is C18H17F4N3O2S. The van der Waals surface area contributed by atoms with Gasteiger partial charge in [-0.05, 0) is 49.2 Å². The fourth-order valence-electron chi connectivity index (χ4n) is 2.67. The van der Waals surface area contributed by atoms with Crippen LogP contribution in [0.4, 0.5) is 17.6 Å². The maximum Gasteiger partial charge on any atom is 0.404 e. The zero-order valence-corrected chi connectivity index (χ0v) is 15.7. The summed E-state index contributed by atoms with van der Waals surface area (Å²) < 4.78 is 77.4. The second-order valence-electron chi connectivity index (χ2n) is 6.33. The van der Waals surface area contributed by atoms with E-state index in [1.165, 1.54) is 12.1 Å². The van der Waals surface area contributed by atoms with Crippen LogP contribution in [0.3, 0.4) is 0 Å². The highest BCUT2D eigenvalue weighted by molar-refractivity contribution is 7.89. The second-order valence-corrected chi connectivity index (χ2v) is 8.05. The van der Waals surface area contributed by atoms with Crippen molar-refractivity contribution in [1.29, 1.82) is 0 Å². The van der Waals surface area contributed by atoms with Crippen molar-refractivity contribution in [3.05, 3.63) is 47.9 Å². The highest BCUT2D eigenvalue weighted by Gasteiger charge is 2.38. The summed E-state index contributed by atoms with van der Waals surface area (Å²) in [6.45, 7) is 2.55. The number of aromatic nitrogens is 2. The van der Waals surface area contributed by atoms with E-state index >= 15 is 0 Å². The van der Waals surface area contributed by atoms with Crippen LogP contribution in [0.1, 0.15) is 19.4 Å². The van der Waals surface area contributed by atoms with E-state index in [0.29, 0.717) is 41.2 Å². The van der Waals surface area contributed by atoms with Crippen molar-refractivity contribution in [3.63, 3.8) is 0 Å². The minimum atomic E-state index is -4.70. The Bertz CT molecular complexity index is 1110. The van der Waals surface area contributed by atoms with Crippen molar-refractivity contribution in [2.24, 2.45) is 0 Å². The van der Waals surface area contributed by atoms with Crippen LogP contribution < -0.4 is 4.72 Å². The molecule has 0 saturated carbocycles. The molecule has 0 fully saturated rings. The van der Waals surface area contributed by atoms with Crippen LogP contribution in [0.5, 0.6) is 0 Å². The Labute approximate surface area is 158 Å². The first-order valence-electron chi connectivity index (χ1n) is 8.38. The molecule has 0 aliphatic carbocycles. The predicted octanol–water partition coefficient (Wildman–Crippen LogP) is 4.16. The Kier molecular flexibility index (Phi) is 5.20. The molecule has 3 aromatic rings. The number of halogens is 4. The molecule has 1 aromatic carbocycles. The maximum atomic E-state index is 13.9. The van der Waals surface area contributed by atoms with Crippen molar-refractivity contribution in [3.8, 4) is 11.4 Å². The number of nitrogens with zero attached hydrogens (tertiary/aromatic N) is 1. The normalized spacial score (nSPS) is 13.8. The third kappa shape index (κ3) is 4.02. The van der Waals surface area contributed by atoms with Gasteiger partial charge in [-0.15, -0.1) is 0 Å². The molecule has 28 heavy (non-hydrogen) atoms. The number of fused-ring (bicyclic) bond motifs is 1. The monoisotopic (exact) mass is 415 g/mol. The van der Waals surface area contributed by atoms with Gasteiger partial charge in [0.25, 0.3) is 0 Å². The van der Waals surface area contributed by atoms with E-state index in [2.05, 4.69) is 9.97 Å². The van der Waals surface area contributed by atoms with Gasteiger partial charge in [0.15, 0.2) is 0 Å². The lowest BCUT2D eigenvalue weighted by atomic mass is 10.1. The largest absolute Gasteiger partial charge is 0.404 e. The van der Waals surface area contributed by atoms with Gasteiger partial charge >= 0.3 is 6.18 Å². The Morgan fingerprint density at radius 3 is 2.50 bits per heavy atom. The Morgan fingerprint density at radius 2 is 1.93 bits per heavy atom. The molecule has 0 saturated heterocycles. The Morgan fingerprint density at radius 1 is 1.21 bits per heavy atom. The van der Waals surface area contributed by atoms with Gasteiger partial charge in [-0.3, -0.25) is 4.98 Å². The SMILES string of the molecule is CCc1cc2[nH]c(-c3ccc(S(=O)(=O)N[C@@H](C)C(F)(F)F)cn3)cc2cc1F. The number of aryl methyl sites for hydroxylation is 1. The molecule has 0 radical (unpaired) electrons. The average Bonchev–Trinajstić information content (AvgIpc) is 3.02. The van der Waals surface area contributed by atoms with E-state index in [-0.39, 0.29) is 10.7 Å². The molecule has 2 aromatic heterocycles.